The summed E-state index contributed by atoms with van der Waals surface area (Å²) in [6.45, 7) is 7.40. The van der Waals surface area contributed by atoms with E-state index in [0.717, 1.165) is 34.5 Å². The maximum absolute atomic E-state index is 5.98. The van der Waals surface area contributed by atoms with E-state index in [1.165, 1.54) is 5.56 Å². The van der Waals surface area contributed by atoms with Crippen LogP contribution in [0, 0.1) is 6.92 Å². The largest absolute Gasteiger partial charge is 0.459 e. The molecule has 0 saturated carbocycles. The van der Waals surface area contributed by atoms with E-state index in [-0.39, 0.29) is 6.04 Å². The van der Waals surface area contributed by atoms with E-state index >= 15 is 0 Å². The molecule has 0 aliphatic heterocycles. The highest BCUT2D eigenvalue weighted by atomic mass is 79.9. The lowest BCUT2D eigenvalue weighted by molar-refractivity contribution is 0.438. The van der Waals surface area contributed by atoms with Crippen LogP contribution in [0.25, 0.3) is 11.3 Å². The van der Waals surface area contributed by atoms with Gasteiger partial charge < -0.3 is 9.73 Å². The highest BCUT2D eigenvalue weighted by Gasteiger charge is 2.12. The zero-order valence-corrected chi connectivity index (χ0v) is 13.3. The van der Waals surface area contributed by atoms with Crippen LogP contribution in [-0.4, -0.2) is 6.54 Å². The quantitative estimate of drug-likeness (QED) is 0.830. The van der Waals surface area contributed by atoms with Crippen molar-refractivity contribution in [3.05, 3.63) is 46.1 Å². The highest BCUT2D eigenvalue weighted by molar-refractivity contribution is 9.10. The molecule has 0 saturated heterocycles. The first kappa shape index (κ1) is 14.4. The van der Waals surface area contributed by atoms with E-state index in [1.807, 2.05) is 12.1 Å². The number of hydrogen-bond acceptors (Lipinski definition) is 2. The van der Waals surface area contributed by atoms with E-state index in [4.69, 9.17) is 4.42 Å². The number of rotatable bonds is 5. The predicted molar refractivity (Wildman–Crippen MR) is 83.3 cm³/mol. The summed E-state index contributed by atoms with van der Waals surface area (Å²) in [6.07, 6.45) is 1.13. The summed E-state index contributed by atoms with van der Waals surface area (Å²) >= 11 is 3.51. The van der Waals surface area contributed by atoms with Crippen molar-refractivity contribution in [3.63, 3.8) is 0 Å². The van der Waals surface area contributed by atoms with E-state index in [2.05, 4.69) is 60.2 Å². The molecule has 2 aromatic rings. The Morgan fingerprint density at radius 2 is 2.05 bits per heavy atom. The molecule has 0 spiro atoms. The van der Waals surface area contributed by atoms with Crippen LogP contribution < -0.4 is 5.32 Å². The summed E-state index contributed by atoms with van der Waals surface area (Å²) < 4.78 is 7.05. The van der Waals surface area contributed by atoms with Gasteiger partial charge in [0.15, 0.2) is 0 Å². The van der Waals surface area contributed by atoms with Crippen LogP contribution in [0.4, 0.5) is 0 Å². The molecule has 0 aliphatic carbocycles. The van der Waals surface area contributed by atoms with Crippen molar-refractivity contribution in [1.29, 1.82) is 0 Å². The zero-order chi connectivity index (χ0) is 13.8. The minimum atomic E-state index is 0.251. The Morgan fingerprint density at radius 1 is 1.26 bits per heavy atom. The van der Waals surface area contributed by atoms with Crippen molar-refractivity contribution in [2.24, 2.45) is 0 Å². The third kappa shape index (κ3) is 3.48. The number of aryl methyl sites for hydroxylation is 1. The molecule has 19 heavy (non-hydrogen) atoms. The Kier molecular flexibility index (Phi) is 4.83. The summed E-state index contributed by atoms with van der Waals surface area (Å²) in [5, 5.41) is 3.44. The van der Waals surface area contributed by atoms with Gasteiger partial charge >= 0.3 is 0 Å². The van der Waals surface area contributed by atoms with Crippen LogP contribution in [0.5, 0.6) is 0 Å². The number of benzene rings is 1. The monoisotopic (exact) mass is 321 g/mol. The fraction of sp³-hybridized carbons (Fsp3) is 0.375. The van der Waals surface area contributed by atoms with Gasteiger partial charge in [0.1, 0.15) is 11.5 Å². The van der Waals surface area contributed by atoms with Gasteiger partial charge in [0.2, 0.25) is 0 Å². The zero-order valence-electron chi connectivity index (χ0n) is 11.7. The van der Waals surface area contributed by atoms with E-state index in [9.17, 15) is 0 Å². The smallest absolute Gasteiger partial charge is 0.134 e. The van der Waals surface area contributed by atoms with Gasteiger partial charge in [-0.3, -0.25) is 0 Å². The average molecular weight is 322 g/mol. The Morgan fingerprint density at radius 3 is 2.79 bits per heavy atom. The summed E-state index contributed by atoms with van der Waals surface area (Å²) in [7, 11) is 0. The normalized spacial score (nSPS) is 12.6. The molecule has 0 fully saturated rings. The number of hydrogen-bond donors (Lipinski definition) is 1. The van der Waals surface area contributed by atoms with Crippen molar-refractivity contribution in [2.75, 3.05) is 6.54 Å². The van der Waals surface area contributed by atoms with Crippen LogP contribution in [0.15, 0.2) is 39.2 Å². The lowest BCUT2D eigenvalue weighted by atomic mass is 10.1. The molecule has 102 valence electrons. The molecule has 1 N–H and O–H groups in total. The SMILES string of the molecule is CCCNC(C)c1ccc(-c2cc(Br)ccc2C)o1. The maximum atomic E-state index is 5.98. The second-order valence-electron chi connectivity index (χ2n) is 4.84. The summed E-state index contributed by atoms with van der Waals surface area (Å²) in [4.78, 5) is 0. The number of furan rings is 1. The number of halogens is 1. The van der Waals surface area contributed by atoms with Crippen molar-refractivity contribution in [1.82, 2.24) is 5.32 Å². The van der Waals surface area contributed by atoms with Gasteiger partial charge in [-0.15, -0.1) is 0 Å². The van der Waals surface area contributed by atoms with Gasteiger partial charge in [-0.25, -0.2) is 0 Å². The summed E-state index contributed by atoms with van der Waals surface area (Å²) in [6, 6.07) is 10.6. The van der Waals surface area contributed by atoms with Gasteiger partial charge in [-0.2, -0.15) is 0 Å². The van der Waals surface area contributed by atoms with Gasteiger partial charge in [0, 0.05) is 10.0 Å². The molecule has 1 unspecified atom stereocenters. The highest BCUT2D eigenvalue weighted by Crippen LogP contribution is 2.30. The Balaban J connectivity index is 2.23. The molecule has 0 radical (unpaired) electrons. The van der Waals surface area contributed by atoms with Crippen LogP contribution in [0.1, 0.15) is 37.6 Å². The third-order valence-electron chi connectivity index (χ3n) is 3.22. The van der Waals surface area contributed by atoms with Crippen LogP contribution in [0.3, 0.4) is 0 Å². The fourth-order valence-corrected chi connectivity index (χ4v) is 2.41. The topological polar surface area (TPSA) is 25.2 Å². The molecule has 2 nitrogen and oxygen atoms in total. The molecule has 0 bridgehead atoms. The van der Waals surface area contributed by atoms with Gasteiger partial charge in [0.05, 0.1) is 6.04 Å². The molecular formula is C16H20BrNO. The first-order valence-corrected chi connectivity index (χ1v) is 7.50. The minimum absolute atomic E-state index is 0.251. The first-order chi connectivity index (χ1) is 9.11. The molecule has 1 heterocycles. The van der Waals surface area contributed by atoms with Crippen molar-refractivity contribution < 1.29 is 4.42 Å². The Bertz CT molecular complexity index is 547. The molecule has 1 atom stereocenters. The molecule has 2 rings (SSSR count). The molecule has 0 aliphatic rings. The minimum Gasteiger partial charge on any atom is -0.459 e. The average Bonchev–Trinajstić information content (AvgIpc) is 2.88. The standard InChI is InChI=1S/C16H20BrNO/c1-4-9-18-12(3)15-7-8-16(19-15)14-10-13(17)6-5-11(14)2/h5-8,10,12,18H,4,9H2,1-3H3. The molecule has 1 aromatic carbocycles. The van der Waals surface area contributed by atoms with E-state index < -0.39 is 0 Å². The third-order valence-corrected chi connectivity index (χ3v) is 3.71. The molecule has 0 amide bonds. The maximum Gasteiger partial charge on any atom is 0.134 e. The molecular weight excluding hydrogens is 302 g/mol. The number of nitrogens with one attached hydrogen (secondary N) is 1. The Labute approximate surface area is 123 Å². The Hall–Kier alpha value is -1.06. The summed E-state index contributed by atoms with van der Waals surface area (Å²) in [5.41, 5.74) is 2.36. The van der Waals surface area contributed by atoms with Gasteiger partial charge in [-0.1, -0.05) is 28.9 Å². The predicted octanol–water partition coefficient (Wildman–Crippen LogP) is 5.08. The van der Waals surface area contributed by atoms with Crippen LogP contribution in [0.2, 0.25) is 0 Å². The fourth-order valence-electron chi connectivity index (χ4n) is 2.05. The lowest BCUT2D eigenvalue weighted by Gasteiger charge is -2.10. The summed E-state index contributed by atoms with van der Waals surface area (Å²) in [5.74, 6) is 1.92. The van der Waals surface area contributed by atoms with Crippen molar-refractivity contribution in [2.45, 2.75) is 33.2 Å². The second-order valence-corrected chi connectivity index (χ2v) is 5.75. The molecule has 3 heteroatoms. The van der Waals surface area contributed by atoms with Gasteiger partial charge in [0.25, 0.3) is 0 Å². The second kappa shape index (κ2) is 6.40. The first-order valence-electron chi connectivity index (χ1n) is 6.71. The van der Waals surface area contributed by atoms with Crippen LogP contribution >= 0.6 is 15.9 Å². The van der Waals surface area contributed by atoms with E-state index in [0.29, 0.717) is 0 Å². The van der Waals surface area contributed by atoms with Crippen LogP contribution in [-0.2, 0) is 0 Å². The molecule has 1 aromatic heterocycles. The lowest BCUT2D eigenvalue weighted by Crippen LogP contribution is -2.18. The van der Waals surface area contributed by atoms with Crippen molar-refractivity contribution >= 4 is 15.9 Å². The van der Waals surface area contributed by atoms with Crippen molar-refractivity contribution in [3.8, 4) is 11.3 Å². The van der Waals surface area contributed by atoms with E-state index in [1.54, 1.807) is 0 Å². The van der Waals surface area contributed by atoms with Gasteiger partial charge in [-0.05, 0) is 56.6 Å².